The average molecular weight is 171 g/mol. The Hall–Kier alpha value is -0.770. The van der Waals surface area contributed by atoms with Crippen LogP contribution in [0.5, 0.6) is 0 Å². The molecular weight excluding hydrogens is 154 g/mol. The van der Waals surface area contributed by atoms with E-state index in [4.69, 9.17) is 10.5 Å². The standard InChI is InChI=1S/C8H17N3O/c1-10-8(9)11-7-4-3-6(7)5-12-2/h6-7H,3-5H2,1-2H3,(H3,9,10,11)/t6-,7-/m1/s1. The van der Waals surface area contributed by atoms with Gasteiger partial charge in [-0.25, -0.2) is 0 Å². The number of nitrogens with zero attached hydrogens (tertiary/aromatic N) is 1. The van der Waals surface area contributed by atoms with E-state index in [1.165, 1.54) is 12.8 Å². The number of hydrogen-bond donors (Lipinski definition) is 2. The van der Waals surface area contributed by atoms with Crippen LogP contribution in [0.1, 0.15) is 12.8 Å². The topological polar surface area (TPSA) is 59.6 Å². The number of ether oxygens (including phenoxy) is 1. The van der Waals surface area contributed by atoms with Gasteiger partial charge in [0.1, 0.15) is 0 Å². The van der Waals surface area contributed by atoms with Gasteiger partial charge in [-0.2, -0.15) is 0 Å². The zero-order chi connectivity index (χ0) is 8.97. The Kier molecular flexibility index (Phi) is 3.34. The summed E-state index contributed by atoms with van der Waals surface area (Å²) in [6, 6.07) is 0.466. The highest BCUT2D eigenvalue weighted by Crippen LogP contribution is 2.27. The first kappa shape index (κ1) is 9.32. The molecule has 1 saturated carbocycles. The van der Waals surface area contributed by atoms with Crippen LogP contribution in [-0.2, 0) is 4.74 Å². The highest BCUT2D eigenvalue weighted by molar-refractivity contribution is 5.78. The Morgan fingerprint density at radius 3 is 2.83 bits per heavy atom. The Morgan fingerprint density at radius 1 is 1.67 bits per heavy atom. The summed E-state index contributed by atoms with van der Waals surface area (Å²) in [5, 5.41) is 3.15. The minimum atomic E-state index is 0.466. The van der Waals surface area contributed by atoms with E-state index in [2.05, 4.69) is 10.3 Å². The molecule has 4 heteroatoms. The average Bonchev–Trinajstić information content (AvgIpc) is 2.08. The van der Waals surface area contributed by atoms with Gasteiger partial charge in [0.15, 0.2) is 5.96 Å². The van der Waals surface area contributed by atoms with Crippen LogP contribution >= 0.6 is 0 Å². The summed E-state index contributed by atoms with van der Waals surface area (Å²) < 4.78 is 5.07. The zero-order valence-corrected chi connectivity index (χ0v) is 7.71. The lowest BCUT2D eigenvalue weighted by molar-refractivity contribution is 0.0872. The molecule has 0 aromatic rings. The Labute approximate surface area is 73.2 Å². The third kappa shape index (κ3) is 2.11. The van der Waals surface area contributed by atoms with Crippen LogP contribution in [0.2, 0.25) is 0 Å². The molecular formula is C8H17N3O. The van der Waals surface area contributed by atoms with Crippen LogP contribution in [-0.4, -0.2) is 32.8 Å². The van der Waals surface area contributed by atoms with Crippen molar-refractivity contribution >= 4 is 5.96 Å². The van der Waals surface area contributed by atoms with E-state index < -0.39 is 0 Å². The maximum absolute atomic E-state index is 5.54. The van der Waals surface area contributed by atoms with Gasteiger partial charge in [-0.15, -0.1) is 0 Å². The van der Waals surface area contributed by atoms with Gasteiger partial charge in [0.25, 0.3) is 0 Å². The number of aliphatic imine (C=N–C) groups is 1. The van der Waals surface area contributed by atoms with Crippen LogP contribution in [0.15, 0.2) is 4.99 Å². The second-order valence-corrected chi connectivity index (χ2v) is 3.15. The normalized spacial score (nSPS) is 29.7. The van der Waals surface area contributed by atoms with E-state index in [0.29, 0.717) is 17.9 Å². The molecule has 3 N–H and O–H groups in total. The predicted octanol–water partition coefficient (Wildman–Crippen LogP) is -0.0545. The summed E-state index contributed by atoms with van der Waals surface area (Å²) in [6.07, 6.45) is 2.40. The first-order valence-corrected chi connectivity index (χ1v) is 4.25. The summed E-state index contributed by atoms with van der Waals surface area (Å²) in [7, 11) is 3.42. The predicted molar refractivity (Wildman–Crippen MR) is 49.1 cm³/mol. The minimum Gasteiger partial charge on any atom is -0.384 e. The van der Waals surface area contributed by atoms with Crippen molar-refractivity contribution in [3.05, 3.63) is 0 Å². The lowest BCUT2D eigenvalue weighted by Gasteiger charge is -2.36. The Balaban J connectivity index is 2.25. The molecule has 0 aromatic carbocycles. The number of nitrogens with one attached hydrogen (secondary N) is 1. The van der Waals surface area contributed by atoms with E-state index >= 15 is 0 Å². The van der Waals surface area contributed by atoms with Gasteiger partial charge in [0.2, 0.25) is 0 Å². The highest BCUT2D eigenvalue weighted by atomic mass is 16.5. The van der Waals surface area contributed by atoms with E-state index in [-0.39, 0.29) is 0 Å². The maximum Gasteiger partial charge on any atom is 0.188 e. The van der Waals surface area contributed by atoms with Crippen LogP contribution < -0.4 is 11.1 Å². The van der Waals surface area contributed by atoms with Crippen molar-refractivity contribution < 1.29 is 4.74 Å². The summed E-state index contributed by atoms with van der Waals surface area (Å²) in [5.74, 6) is 1.14. The molecule has 12 heavy (non-hydrogen) atoms. The molecule has 0 aromatic heterocycles. The fourth-order valence-electron chi connectivity index (χ4n) is 1.43. The third-order valence-electron chi connectivity index (χ3n) is 2.37. The SMILES string of the molecule is CN=C(N)N[C@@H]1CC[C@@H]1COC. The highest BCUT2D eigenvalue weighted by Gasteiger charge is 2.30. The van der Waals surface area contributed by atoms with Crippen molar-refractivity contribution in [2.75, 3.05) is 20.8 Å². The molecule has 0 spiro atoms. The Morgan fingerprint density at radius 2 is 2.42 bits per heavy atom. The van der Waals surface area contributed by atoms with Gasteiger partial charge in [0, 0.05) is 26.1 Å². The lowest BCUT2D eigenvalue weighted by atomic mass is 9.80. The smallest absolute Gasteiger partial charge is 0.188 e. The molecule has 70 valence electrons. The van der Waals surface area contributed by atoms with Crippen molar-refractivity contribution in [3.63, 3.8) is 0 Å². The fourth-order valence-corrected chi connectivity index (χ4v) is 1.43. The maximum atomic E-state index is 5.54. The van der Waals surface area contributed by atoms with Crippen molar-refractivity contribution in [2.45, 2.75) is 18.9 Å². The largest absolute Gasteiger partial charge is 0.384 e. The Bertz CT molecular complexity index is 170. The van der Waals surface area contributed by atoms with Crippen molar-refractivity contribution in [1.82, 2.24) is 5.32 Å². The van der Waals surface area contributed by atoms with Crippen molar-refractivity contribution in [3.8, 4) is 0 Å². The number of hydrogen-bond acceptors (Lipinski definition) is 2. The van der Waals surface area contributed by atoms with Crippen LogP contribution in [0.3, 0.4) is 0 Å². The van der Waals surface area contributed by atoms with E-state index in [9.17, 15) is 0 Å². The van der Waals surface area contributed by atoms with Crippen LogP contribution in [0, 0.1) is 5.92 Å². The molecule has 0 heterocycles. The lowest BCUT2D eigenvalue weighted by Crippen LogP contribution is -2.50. The fraction of sp³-hybridized carbons (Fsp3) is 0.875. The van der Waals surface area contributed by atoms with Gasteiger partial charge in [-0.3, -0.25) is 4.99 Å². The summed E-state index contributed by atoms with van der Waals surface area (Å²) in [6.45, 7) is 0.814. The molecule has 0 unspecified atom stereocenters. The number of guanidine groups is 1. The number of methoxy groups -OCH3 is 1. The monoisotopic (exact) mass is 171 g/mol. The molecule has 0 amide bonds. The molecule has 0 radical (unpaired) electrons. The van der Waals surface area contributed by atoms with Crippen LogP contribution in [0.25, 0.3) is 0 Å². The van der Waals surface area contributed by atoms with Gasteiger partial charge in [0.05, 0.1) is 6.61 Å². The number of rotatable bonds is 3. The quantitative estimate of drug-likeness (QED) is 0.462. The molecule has 1 rings (SSSR count). The van der Waals surface area contributed by atoms with Crippen LogP contribution in [0.4, 0.5) is 0 Å². The molecule has 1 aliphatic carbocycles. The molecule has 1 fully saturated rings. The molecule has 0 bridgehead atoms. The first-order chi connectivity index (χ1) is 5.77. The second kappa shape index (κ2) is 4.30. The third-order valence-corrected chi connectivity index (χ3v) is 2.37. The minimum absolute atomic E-state index is 0.466. The summed E-state index contributed by atoms with van der Waals surface area (Å²) in [5.41, 5.74) is 5.54. The van der Waals surface area contributed by atoms with E-state index in [0.717, 1.165) is 6.61 Å². The number of nitrogens with two attached hydrogens (primary N) is 1. The second-order valence-electron chi connectivity index (χ2n) is 3.15. The summed E-state index contributed by atoms with van der Waals surface area (Å²) >= 11 is 0. The van der Waals surface area contributed by atoms with Gasteiger partial charge >= 0.3 is 0 Å². The molecule has 0 saturated heterocycles. The molecule has 0 aliphatic heterocycles. The molecule has 2 atom stereocenters. The van der Waals surface area contributed by atoms with Crippen molar-refractivity contribution in [1.29, 1.82) is 0 Å². The van der Waals surface area contributed by atoms with Gasteiger partial charge < -0.3 is 15.8 Å². The van der Waals surface area contributed by atoms with Gasteiger partial charge in [-0.1, -0.05) is 0 Å². The summed E-state index contributed by atoms with van der Waals surface area (Å²) in [4.78, 5) is 3.85. The van der Waals surface area contributed by atoms with Crippen molar-refractivity contribution in [2.24, 2.45) is 16.6 Å². The zero-order valence-electron chi connectivity index (χ0n) is 7.71. The molecule has 4 nitrogen and oxygen atoms in total. The van der Waals surface area contributed by atoms with Gasteiger partial charge in [-0.05, 0) is 12.8 Å². The van der Waals surface area contributed by atoms with E-state index in [1.54, 1.807) is 14.2 Å². The first-order valence-electron chi connectivity index (χ1n) is 4.25. The molecule has 1 aliphatic rings. The van der Waals surface area contributed by atoms with E-state index in [1.807, 2.05) is 0 Å².